The number of hydrogen-bond acceptors (Lipinski definition) is 4. The van der Waals surface area contributed by atoms with Crippen molar-refractivity contribution in [2.45, 2.75) is 25.3 Å². The number of nitrogens with two attached hydrogens (primary N) is 2. The second-order valence-electron chi connectivity index (χ2n) is 4.27. The maximum atomic E-state index is 4.54. The summed E-state index contributed by atoms with van der Waals surface area (Å²) in [7, 11) is 0. The van der Waals surface area contributed by atoms with Crippen LogP contribution in [0.25, 0.3) is 11.3 Å². The number of benzene rings is 1. The van der Waals surface area contributed by atoms with Crippen molar-refractivity contribution < 1.29 is 0 Å². The van der Waals surface area contributed by atoms with Crippen molar-refractivity contribution in [3.05, 3.63) is 42.9 Å². The quantitative estimate of drug-likeness (QED) is 0.816. The molecule has 1 aromatic carbocycles. The van der Waals surface area contributed by atoms with Gasteiger partial charge in [0.2, 0.25) is 0 Å². The molecular formula is C13H18N4S. The van der Waals surface area contributed by atoms with Crippen LogP contribution >= 0.6 is 12.1 Å². The summed E-state index contributed by atoms with van der Waals surface area (Å²) >= 11 is 0.750. The van der Waals surface area contributed by atoms with E-state index in [0.29, 0.717) is 6.04 Å². The van der Waals surface area contributed by atoms with Crippen molar-refractivity contribution in [1.29, 1.82) is 0 Å². The molecule has 2 aromatic rings. The lowest BCUT2D eigenvalue weighted by atomic mass is 9.92. The first-order chi connectivity index (χ1) is 8.86. The number of imidazole rings is 1. The van der Waals surface area contributed by atoms with E-state index < -0.39 is 0 Å². The highest BCUT2D eigenvalue weighted by molar-refractivity contribution is 7.94. The standard InChI is InChI=1S/C13H14N2.H4N2S/c1-2-5-11(6-3-1)13-9-14-10-15(13)12-7-4-8-12;1-3-2/h1-3,5-6,9-10,12H,4,7-8H2;1-2H2. The van der Waals surface area contributed by atoms with Gasteiger partial charge in [-0.05, 0) is 37.0 Å². The van der Waals surface area contributed by atoms with Gasteiger partial charge in [-0.25, -0.2) is 4.98 Å². The summed E-state index contributed by atoms with van der Waals surface area (Å²) in [6.45, 7) is 0. The molecule has 0 radical (unpaired) electrons. The number of aromatic nitrogens is 2. The van der Waals surface area contributed by atoms with Crippen LogP contribution in [0.1, 0.15) is 25.3 Å². The lowest BCUT2D eigenvalue weighted by Crippen LogP contribution is -2.16. The number of rotatable bonds is 2. The van der Waals surface area contributed by atoms with Crippen LogP contribution in [0.5, 0.6) is 0 Å². The van der Waals surface area contributed by atoms with Crippen LogP contribution in [0.2, 0.25) is 0 Å². The smallest absolute Gasteiger partial charge is 0.0953 e. The first-order valence-corrected chi connectivity index (χ1v) is 6.94. The van der Waals surface area contributed by atoms with Crippen LogP contribution in [0.4, 0.5) is 0 Å². The van der Waals surface area contributed by atoms with Crippen molar-refractivity contribution >= 4 is 12.1 Å². The molecule has 1 fully saturated rings. The van der Waals surface area contributed by atoms with E-state index in [2.05, 4.69) is 44.1 Å². The second kappa shape index (κ2) is 6.58. The minimum atomic E-state index is 0.683. The van der Waals surface area contributed by atoms with Gasteiger partial charge < -0.3 is 4.57 Å². The van der Waals surface area contributed by atoms with Crippen LogP contribution in [0, 0.1) is 0 Å². The Morgan fingerprint density at radius 1 is 1.17 bits per heavy atom. The summed E-state index contributed by atoms with van der Waals surface area (Å²) in [4.78, 5) is 4.26. The molecule has 1 aromatic heterocycles. The van der Waals surface area contributed by atoms with Gasteiger partial charge in [0.1, 0.15) is 0 Å². The Bertz CT molecular complexity index is 465. The normalized spacial score (nSPS) is 14.6. The zero-order valence-corrected chi connectivity index (χ0v) is 11.0. The van der Waals surface area contributed by atoms with Gasteiger partial charge in [0.05, 0.1) is 18.2 Å². The first-order valence-electron chi connectivity index (χ1n) is 5.99. The lowest BCUT2D eigenvalue weighted by molar-refractivity contribution is 0.316. The van der Waals surface area contributed by atoms with Crippen molar-refractivity contribution in [3.63, 3.8) is 0 Å². The predicted molar refractivity (Wildman–Crippen MR) is 76.5 cm³/mol. The van der Waals surface area contributed by atoms with Gasteiger partial charge in [-0.2, -0.15) is 0 Å². The van der Waals surface area contributed by atoms with E-state index in [0.717, 1.165) is 12.1 Å². The van der Waals surface area contributed by atoms with Crippen LogP contribution in [-0.4, -0.2) is 9.55 Å². The Labute approximate surface area is 112 Å². The molecule has 4 N–H and O–H groups in total. The summed E-state index contributed by atoms with van der Waals surface area (Å²) in [5.41, 5.74) is 2.52. The maximum Gasteiger partial charge on any atom is 0.0953 e. The van der Waals surface area contributed by atoms with Gasteiger partial charge in [0.25, 0.3) is 0 Å². The van der Waals surface area contributed by atoms with E-state index in [1.165, 1.54) is 30.5 Å². The Kier molecular flexibility index (Phi) is 4.81. The van der Waals surface area contributed by atoms with Gasteiger partial charge >= 0.3 is 0 Å². The van der Waals surface area contributed by atoms with Crippen molar-refractivity contribution in [1.82, 2.24) is 9.55 Å². The third-order valence-electron chi connectivity index (χ3n) is 3.20. The van der Waals surface area contributed by atoms with Crippen molar-refractivity contribution in [2.24, 2.45) is 10.3 Å². The zero-order chi connectivity index (χ0) is 12.8. The van der Waals surface area contributed by atoms with Crippen LogP contribution in [0.15, 0.2) is 42.9 Å². The van der Waals surface area contributed by atoms with E-state index >= 15 is 0 Å². The monoisotopic (exact) mass is 262 g/mol. The van der Waals surface area contributed by atoms with Gasteiger partial charge in [-0.15, -0.1) is 0 Å². The Morgan fingerprint density at radius 2 is 1.83 bits per heavy atom. The summed E-state index contributed by atoms with van der Waals surface area (Å²) in [5, 5.41) is 9.08. The van der Waals surface area contributed by atoms with Gasteiger partial charge in [0.15, 0.2) is 0 Å². The molecule has 5 heteroatoms. The van der Waals surface area contributed by atoms with Gasteiger partial charge in [-0.3, -0.25) is 10.3 Å². The summed E-state index contributed by atoms with van der Waals surface area (Å²) in [6, 6.07) is 11.2. The van der Waals surface area contributed by atoms with Crippen LogP contribution in [-0.2, 0) is 0 Å². The highest BCUT2D eigenvalue weighted by Crippen LogP contribution is 2.34. The molecular weight excluding hydrogens is 244 g/mol. The Balaban J connectivity index is 0.000000367. The SMILES string of the molecule is NSN.c1ccc(-c2cncn2C2CCC2)cc1. The van der Waals surface area contributed by atoms with E-state index in [1.54, 1.807) is 0 Å². The highest BCUT2D eigenvalue weighted by atomic mass is 32.2. The largest absolute Gasteiger partial charge is 0.328 e. The second-order valence-corrected chi connectivity index (χ2v) is 4.55. The zero-order valence-electron chi connectivity index (χ0n) is 10.2. The fourth-order valence-electron chi connectivity index (χ4n) is 2.09. The molecule has 1 heterocycles. The third kappa shape index (κ3) is 2.93. The molecule has 96 valence electrons. The van der Waals surface area contributed by atoms with Crippen molar-refractivity contribution in [3.8, 4) is 11.3 Å². The van der Waals surface area contributed by atoms with E-state index in [1.807, 2.05) is 18.6 Å². The third-order valence-corrected chi connectivity index (χ3v) is 3.20. The fourth-order valence-corrected chi connectivity index (χ4v) is 2.09. The minimum Gasteiger partial charge on any atom is -0.328 e. The molecule has 1 saturated carbocycles. The molecule has 0 aliphatic heterocycles. The molecule has 0 bridgehead atoms. The molecule has 0 spiro atoms. The molecule has 1 aliphatic rings. The number of nitrogens with zero attached hydrogens (tertiary/aromatic N) is 2. The molecule has 0 amide bonds. The summed E-state index contributed by atoms with van der Waals surface area (Å²) < 4.78 is 2.32. The molecule has 4 nitrogen and oxygen atoms in total. The average molecular weight is 262 g/mol. The molecule has 0 unspecified atom stereocenters. The summed E-state index contributed by atoms with van der Waals surface area (Å²) in [6.07, 6.45) is 7.89. The summed E-state index contributed by atoms with van der Waals surface area (Å²) in [5.74, 6) is 0. The Hall–Kier alpha value is -1.30. The van der Waals surface area contributed by atoms with E-state index in [9.17, 15) is 0 Å². The maximum absolute atomic E-state index is 4.54. The topological polar surface area (TPSA) is 69.9 Å². The molecule has 0 atom stereocenters. The minimum absolute atomic E-state index is 0.683. The van der Waals surface area contributed by atoms with E-state index in [-0.39, 0.29) is 0 Å². The van der Waals surface area contributed by atoms with Gasteiger partial charge in [0, 0.05) is 6.04 Å². The molecule has 18 heavy (non-hydrogen) atoms. The average Bonchev–Trinajstić information content (AvgIpc) is 2.78. The van der Waals surface area contributed by atoms with Crippen molar-refractivity contribution in [2.75, 3.05) is 0 Å². The first kappa shape index (κ1) is 13.1. The van der Waals surface area contributed by atoms with Gasteiger partial charge in [-0.1, -0.05) is 30.3 Å². The lowest BCUT2D eigenvalue weighted by Gasteiger charge is -2.28. The predicted octanol–water partition coefficient (Wildman–Crippen LogP) is 2.74. The molecule has 0 saturated heterocycles. The molecule has 3 rings (SSSR count). The fraction of sp³-hybridized carbons (Fsp3) is 0.308. The molecule has 1 aliphatic carbocycles. The van der Waals surface area contributed by atoms with E-state index in [4.69, 9.17) is 0 Å². The highest BCUT2D eigenvalue weighted by Gasteiger charge is 2.21. The Morgan fingerprint density at radius 3 is 2.39 bits per heavy atom. The van der Waals surface area contributed by atoms with Crippen LogP contribution in [0.3, 0.4) is 0 Å². The number of hydrogen-bond donors (Lipinski definition) is 2. The van der Waals surface area contributed by atoms with Crippen LogP contribution < -0.4 is 10.3 Å².